The summed E-state index contributed by atoms with van der Waals surface area (Å²) in [5, 5.41) is 9.85. The molecule has 0 radical (unpaired) electrons. The number of H-pyrrole nitrogens is 1. The molecule has 0 spiro atoms. The van der Waals surface area contributed by atoms with E-state index in [0.29, 0.717) is 18.7 Å². The predicted molar refractivity (Wildman–Crippen MR) is 163 cm³/mol. The number of hydrogen-bond donors (Lipinski definition) is 2. The number of likely N-dealkylation sites (tertiary alicyclic amines) is 1. The summed E-state index contributed by atoms with van der Waals surface area (Å²) in [4.78, 5) is 32.8. The molecule has 8 heteroatoms. The van der Waals surface area contributed by atoms with E-state index in [1.165, 1.54) is 0 Å². The molecule has 4 aromatic rings. The van der Waals surface area contributed by atoms with Crippen LogP contribution in [0.5, 0.6) is 5.75 Å². The number of nitrogens with zero attached hydrogens (tertiary/aromatic N) is 3. The van der Waals surface area contributed by atoms with Gasteiger partial charge in [-0.15, -0.1) is 12.4 Å². The lowest BCUT2D eigenvalue weighted by Gasteiger charge is -2.33. The van der Waals surface area contributed by atoms with Crippen molar-refractivity contribution in [2.75, 3.05) is 32.7 Å². The SMILES string of the molecule is CCN(CC)C(=O)c1ccc(C(CCN2CCC(n3c(=O)[nH]c4ccccc43)CC2)c2ccc(O)cc2)cc1.Cl. The van der Waals surface area contributed by atoms with E-state index < -0.39 is 0 Å². The average molecular weight is 563 g/mol. The van der Waals surface area contributed by atoms with Gasteiger partial charge in [0.05, 0.1) is 11.0 Å². The topological polar surface area (TPSA) is 81.6 Å². The zero-order valence-corrected chi connectivity index (χ0v) is 24.1. The Morgan fingerprint density at radius 1 is 0.950 bits per heavy atom. The van der Waals surface area contributed by atoms with Crippen molar-refractivity contribution in [3.05, 3.63) is 100.0 Å². The number of fused-ring (bicyclic) bond motifs is 1. The Kier molecular flexibility index (Phi) is 9.71. The van der Waals surface area contributed by atoms with Crippen LogP contribution in [0, 0.1) is 0 Å². The molecule has 5 rings (SSSR count). The molecule has 1 aromatic heterocycles. The molecule has 1 saturated heterocycles. The van der Waals surface area contributed by atoms with Gasteiger partial charge in [-0.2, -0.15) is 0 Å². The van der Waals surface area contributed by atoms with Crippen molar-refractivity contribution in [3.63, 3.8) is 0 Å². The molecule has 0 bridgehead atoms. The van der Waals surface area contributed by atoms with Gasteiger partial charge < -0.3 is 19.9 Å². The largest absolute Gasteiger partial charge is 0.508 e. The Hall–Kier alpha value is -3.55. The second kappa shape index (κ2) is 13.2. The van der Waals surface area contributed by atoms with Crippen molar-refractivity contribution in [2.24, 2.45) is 0 Å². The summed E-state index contributed by atoms with van der Waals surface area (Å²) < 4.78 is 1.94. The van der Waals surface area contributed by atoms with Gasteiger partial charge >= 0.3 is 5.69 Å². The summed E-state index contributed by atoms with van der Waals surface area (Å²) in [7, 11) is 0. The van der Waals surface area contributed by atoms with Crippen LogP contribution < -0.4 is 5.69 Å². The molecule has 2 N–H and O–H groups in total. The van der Waals surface area contributed by atoms with Crippen molar-refractivity contribution in [2.45, 2.75) is 45.1 Å². The van der Waals surface area contributed by atoms with Gasteiger partial charge in [0.15, 0.2) is 0 Å². The van der Waals surface area contributed by atoms with Crippen LogP contribution in [0.3, 0.4) is 0 Å². The zero-order chi connectivity index (χ0) is 27.4. The molecule has 7 nitrogen and oxygen atoms in total. The highest BCUT2D eigenvalue weighted by atomic mass is 35.5. The Morgan fingerprint density at radius 3 is 2.17 bits per heavy atom. The number of carbonyl (C=O) groups excluding carboxylic acids is 1. The van der Waals surface area contributed by atoms with Crippen LogP contribution in [0.2, 0.25) is 0 Å². The number of nitrogens with one attached hydrogen (secondary N) is 1. The maximum absolute atomic E-state index is 12.8. The summed E-state index contributed by atoms with van der Waals surface area (Å²) in [6.07, 6.45) is 2.80. The van der Waals surface area contributed by atoms with E-state index in [9.17, 15) is 14.7 Å². The van der Waals surface area contributed by atoms with Crippen molar-refractivity contribution in [1.82, 2.24) is 19.4 Å². The normalized spacial score (nSPS) is 15.1. The Bertz CT molecular complexity index is 1450. The first-order valence-electron chi connectivity index (χ1n) is 14.1. The molecule has 3 aromatic carbocycles. The van der Waals surface area contributed by atoms with E-state index in [1.54, 1.807) is 12.1 Å². The number of hydrogen-bond acceptors (Lipinski definition) is 4. The smallest absolute Gasteiger partial charge is 0.326 e. The molecule has 1 amide bonds. The fraction of sp³-hybridized carbons (Fsp3) is 0.375. The summed E-state index contributed by atoms with van der Waals surface area (Å²) in [5.41, 5.74) is 4.88. The van der Waals surface area contributed by atoms with Crippen LogP contribution in [0.15, 0.2) is 77.6 Å². The molecule has 1 fully saturated rings. The number of halogens is 1. The summed E-state index contributed by atoms with van der Waals surface area (Å²) in [5.74, 6) is 0.467. The number of phenols is 1. The maximum Gasteiger partial charge on any atom is 0.326 e. The van der Waals surface area contributed by atoms with Gasteiger partial charge in [0.1, 0.15) is 5.75 Å². The lowest BCUT2D eigenvalue weighted by atomic mass is 9.87. The monoisotopic (exact) mass is 562 g/mol. The summed E-state index contributed by atoms with van der Waals surface area (Å²) in [6, 6.07) is 23.6. The number of para-hydroxylation sites is 2. The molecule has 1 aliphatic heterocycles. The molecule has 2 heterocycles. The first kappa shape index (κ1) is 29.4. The van der Waals surface area contributed by atoms with Gasteiger partial charge in [-0.05, 0) is 87.2 Å². The van der Waals surface area contributed by atoms with Gasteiger partial charge in [-0.1, -0.05) is 36.4 Å². The number of piperidine rings is 1. The lowest BCUT2D eigenvalue weighted by Crippen LogP contribution is -2.37. The number of aromatic nitrogens is 2. The highest BCUT2D eigenvalue weighted by Crippen LogP contribution is 2.31. The molecule has 212 valence electrons. The molecular weight excluding hydrogens is 524 g/mol. The van der Waals surface area contributed by atoms with Gasteiger partial charge in [0.2, 0.25) is 0 Å². The van der Waals surface area contributed by atoms with Gasteiger partial charge in [-0.25, -0.2) is 4.79 Å². The van der Waals surface area contributed by atoms with Crippen LogP contribution in [-0.2, 0) is 0 Å². The first-order valence-corrected chi connectivity index (χ1v) is 14.1. The Labute approximate surface area is 241 Å². The molecule has 1 unspecified atom stereocenters. The number of aromatic hydroxyl groups is 1. The summed E-state index contributed by atoms with van der Waals surface area (Å²) in [6.45, 7) is 8.20. The van der Waals surface area contributed by atoms with E-state index >= 15 is 0 Å². The third-order valence-corrected chi connectivity index (χ3v) is 8.19. The standard InChI is InChI=1S/C32H38N4O3.ClH/c1-3-35(4-2)31(38)25-11-9-23(10-12-25)28(24-13-15-27(37)16-14-24)19-22-34-20-17-26(18-21-34)36-30-8-6-5-7-29(30)33-32(36)39;/h5-16,26,28,37H,3-4,17-22H2,1-2H3,(H,33,39);1H. The average Bonchev–Trinajstić information content (AvgIpc) is 3.31. The lowest BCUT2D eigenvalue weighted by molar-refractivity contribution is 0.0773. The predicted octanol–water partition coefficient (Wildman–Crippen LogP) is 5.80. The number of benzene rings is 3. The minimum absolute atomic E-state index is 0. The van der Waals surface area contributed by atoms with E-state index in [1.807, 2.05) is 71.8 Å². The molecular formula is C32H39ClN4O3. The highest BCUT2D eigenvalue weighted by Gasteiger charge is 2.25. The van der Waals surface area contributed by atoms with Crippen LogP contribution in [0.4, 0.5) is 0 Å². The van der Waals surface area contributed by atoms with Crippen LogP contribution in [-0.4, -0.2) is 63.1 Å². The molecule has 0 saturated carbocycles. The molecule has 40 heavy (non-hydrogen) atoms. The third-order valence-electron chi connectivity index (χ3n) is 8.19. The molecule has 0 aliphatic carbocycles. The fourth-order valence-electron chi connectivity index (χ4n) is 5.93. The zero-order valence-electron chi connectivity index (χ0n) is 23.3. The number of phenolic OH excluding ortho intramolecular Hbond substituents is 1. The molecule has 1 atom stereocenters. The number of imidazole rings is 1. The van der Waals surface area contributed by atoms with Crippen molar-refractivity contribution in [3.8, 4) is 5.75 Å². The second-order valence-electron chi connectivity index (χ2n) is 10.4. The number of amides is 1. The number of rotatable bonds is 9. The minimum atomic E-state index is -0.0232. The van der Waals surface area contributed by atoms with Gasteiger partial charge in [-0.3, -0.25) is 9.36 Å². The minimum Gasteiger partial charge on any atom is -0.508 e. The van der Waals surface area contributed by atoms with Gasteiger partial charge in [0, 0.05) is 43.7 Å². The second-order valence-corrected chi connectivity index (χ2v) is 10.4. The third kappa shape index (κ3) is 6.26. The maximum atomic E-state index is 12.8. The van der Waals surface area contributed by atoms with Crippen LogP contribution in [0.1, 0.15) is 66.6 Å². The van der Waals surface area contributed by atoms with Crippen molar-refractivity contribution < 1.29 is 9.90 Å². The Balaban J connectivity index is 0.00000370. The Morgan fingerprint density at radius 2 is 1.55 bits per heavy atom. The summed E-state index contributed by atoms with van der Waals surface area (Å²) >= 11 is 0. The van der Waals surface area contributed by atoms with Gasteiger partial charge in [0.25, 0.3) is 5.91 Å². The van der Waals surface area contributed by atoms with Crippen molar-refractivity contribution in [1.29, 1.82) is 0 Å². The quantitative estimate of drug-likeness (QED) is 0.270. The number of carbonyl (C=O) groups is 1. The van der Waals surface area contributed by atoms with E-state index in [-0.39, 0.29) is 41.7 Å². The van der Waals surface area contributed by atoms with E-state index in [4.69, 9.17) is 0 Å². The van der Waals surface area contributed by atoms with Crippen molar-refractivity contribution >= 4 is 29.3 Å². The first-order chi connectivity index (χ1) is 19.0. The van der Waals surface area contributed by atoms with E-state index in [2.05, 4.69) is 22.0 Å². The fourth-order valence-corrected chi connectivity index (χ4v) is 5.93. The van der Waals surface area contributed by atoms with Crippen LogP contribution >= 0.6 is 12.4 Å². The highest BCUT2D eigenvalue weighted by molar-refractivity contribution is 5.94. The number of aromatic amines is 1. The van der Waals surface area contributed by atoms with E-state index in [0.717, 1.165) is 61.1 Å². The van der Waals surface area contributed by atoms with Crippen LogP contribution in [0.25, 0.3) is 11.0 Å². The molecule has 1 aliphatic rings.